The molecule has 92 valence electrons. The van der Waals surface area contributed by atoms with Crippen molar-refractivity contribution in [1.29, 1.82) is 0 Å². The van der Waals surface area contributed by atoms with Crippen LogP contribution < -0.4 is 4.74 Å². The van der Waals surface area contributed by atoms with E-state index in [0.717, 1.165) is 11.1 Å². The van der Waals surface area contributed by atoms with E-state index in [1.165, 1.54) is 13.2 Å². The van der Waals surface area contributed by atoms with Crippen LogP contribution in [0.5, 0.6) is 5.75 Å². The summed E-state index contributed by atoms with van der Waals surface area (Å²) < 4.78 is 5.08. The third-order valence-corrected chi connectivity index (χ3v) is 2.92. The largest absolute Gasteiger partial charge is 0.496 e. The lowest BCUT2D eigenvalue weighted by Gasteiger charge is -2.10. The standard InChI is InChI=1S/C14H11ClO3/c1-18-13-8-10(9-5-3-2-4-6-9)12(15)7-11(13)14(16)17/h2-8H,1H3,(H,16,17). The molecule has 2 aromatic carbocycles. The molecule has 0 fully saturated rings. The smallest absolute Gasteiger partial charge is 0.339 e. The molecule has 0 radical (unpaired) electrons. The summed E-state index contributed by atoms with van der Waals surface area (Å²) in [7, 11) is 1.43. The zero-order valence-electron chi connectivity index (χ0n) is 9.68. The molecule has 0 bridgehead atoms. The van der Waals surface area contributed by atoms with Gasteiger partial charge in [-0.3, -0.25) is 0 Å². The first-order valence-corrected chi connectivity index (χ1v) is 5.67. The lowest BCUT2D eigenvalue weighted by atomic mass is 10.0. The average Bonchev–Trinajstić information content (AvgIpc) is 2.39. The number of carboxylic acids is 1. The Hall–Kier alpha value is -2.00. The maximum atomic E-state index is 11.0. The molecular formula is C14H11ClO3. The van der Waals surface area contributed by atoms with Crippen LogP contribution in [-0.4, -0.2) is 18.2 Å². The molecule has 0 aromatic heterocycles. The lowest BCUT2D eigenvalue weighted by molar-refractivity contribution is 0.0693. The van der Waals surface area contributed by atoms with Gasteiger partial charge in [0, 0.05) is 10.6 Å². The molecule has 0 unspecified atom stereocenters. The third kappa shape index (κ3) is 2.31. The fourth-order valence-corrected chi connectivity index (χ4v) is 2.00. The molecule has 2 rings (SSSR count). The minimum absolute atomic E-state index is 0.0576. The highest BCUT2D eigenvalue weighted by Gasteiger charge is 2.15. The summed E-state index contributed by atoms with van der Waals surface area (Å²) in [5.74, 6) is -0.765. The van der Waals surface area contributed by atoms with Gasteiger partial charge in [-0.15, -0.1) is 0 Å². The predicted octanol–water partition coefficient (Wildman–Crippen LogP) is 3.71. The fourth-order valence-electron chi connectivity index (χ4n) is 1.73. The number of carboxylic acid groups (broad SMARTS) is 1. The molecule has 2 aromatic rings. The Morgan fingerprint density at radius 1 is 1.22 bits per heavy atom. The van der Waals surface area contributed by atoms with E-state index in [2.05, 4.69) is 0 Å². The van der Waals surface area contributed by atoms with E-state index in [0.29, 0.717) is 10.8 Å². The average molecular weight is 263 g/mol. The van der Waals surface area contributed by atoms with E-state index in [1.807, 2.05) is 30.3 Å². The van der Waals surface area contributed by atoms with Crippen molar-refractivity contribution >= 4 is 17.6 Å². The van der Waals surface area contributed by atoms with Gasteiger partial charge in [0.1, 0.15) is 11.3 Å². The predicted molar refractivity (Wildman–Crippen MR) is 70.4 cm³/mol. The second kappa shape index (κ2) is 5.10. The van der Waals surface area contributed by atoms with Crippen molar-refractivity contribution in [3.8, 4) is 16.9 Å². The Morgan fingerprint density at radius 2 is 1.89 bits per heavy atom. The molecule has 0 aliphatic carbocycles. The van der Waals surface area contributed by atoms with Crippen molar-refractivity contribution in [1.82, 2.24) is 0 Å². The maximum absolute atomic E-state index is 11.0. The Morgan fingerprint density at radius 3 is 2.44 bits per heavy atom. The van der Waals surface area contributed by atoms with Crippen molar-refractivity contribution in [3.05, 3.63) is 53.1 Å². The molecule has 0 heterocycles. The first-order valence-electron chi connectivity index (χ1n) is 5.29. The van der Waals surface area contributed by atoms with Crippen LogP contribution >= 0.6 is 11.6 Å². The van der Waals surface area contributed by atoms with Crippen molar-refractivity contribution < 1.29 is 14.6 Å². The van der Waals surface area contributed by atoms with Gasteiger partial charge in [-0.2, -0.15) is 0 Å². The molecule has 0 aliphatic heterocycles. The van der Waals surface area contributed by atoms with Crippen molar-refractivity contribution in [2.24, 2.45) is 0 Å². The topological polar surface area (TPSA) is 46.5 Å². The number of carbonyl (C=O) groups is 1. The zero-order chi connectivity index (χ0) is 13.1. The van der Waals surface area contributed by atoms with Crippen molar-refractivity contribution in [2.75, 3.05) is 7.11 Å². The molecule has 0 saturated carbocycles. The summed E-state index contributed by atoms with van der Waals surface area (Å²) in [5, 5.41) is 9.43. The van der Waals surface area contributed by atoms with Gasteiger partial charge in [0.25, 0.3) is 0 Å². The first-order chi connectivity index (χ1) is 8.63. The Labute approximate surface area is 110 Å². The van der Waals surface area contributed by atoms with Gasteiger partial charge in [0.15, 0.2) is 0 Å². The van der Waals surface area contributed by atoms with Gasteiger partial charge in [-0.05, 0) is 17.7 Å². The SMILES string of the molecule is COc1cc(-c2ccccc2)c(Cl)cc1C(=O)O. The third-order valence-electron chi connectivity index (χ3n) is 2.60. The summed E-state index contributed by atoms with van der Waals surface area (Å²) in [6, 6.07) is 12.5. The monoisotopic (exact) mass is 262 g/mol. The molecule has 0 spiro atoms. The highest BCUT2D eigenvalue weighted by Crippen LogP contribution is 2.34. The van der Waals surface area contributed by atoms with E-state index >= 15 is 0 Å². The second-order valence-electron chi connectivity index (χ2n) is 3.70. The van der Waals surface area contributed by atoms with Crippen LogP contribution in [0.2, 0.25) is 5.02 Å². The number of ether oxygens (including phenoxy) is 1. The molecule has 0 saturated heterocycles. The highest BCUT2D eigenvalue weighted by molar-refractivity contribution is 6.33. The van der Waals surface area contributed by atoms with Crippen LogP contribution in [0.15, 0.2) is 42.5 Å². The van der Waals surface area contributed by atoms with Gasteiger partial charge >= 0.3 is 5.97 Å². The summed E-state index contributed by atoms with van der Waals surface area (Å²) in [6.07, 6.45) is 0. The van der Waals surface area contributed by atoms with Crippen LogP contribution in [0.25, 0.3) is 11.1 Å². The second-order valence-corrected chi connectivity index (χ2v) is 4.11. The normalized spacial score (nSPS) is 10.1. The molecule has 18 heavy (non-hydrogen) atoms. The van der Waals surface area contributed by atoms with Crippen LogP contribution in [0, 0.1) is 0 Å². The van der Waals surface area contributed by atoms with E-state index < -0.39 is 5.97 Å². The van der Waals surface area contributed by atoms with Crippen LogP contribution in [0.3, 0.4) is 0 Å². The number of hydrogen-bond acceptors (Lipinski definition) is 2. The number of aromatic carboxylic acids is 1. The molecular weight excluding hydrogens is 252 g/mol. The first kappa shape index (κ1) is 12.5. The van der Waals surface area contributed by atoms with Gasteiger partial charge in [-0.25, -0.2) is 4.79 Å². The molecule has 1 N–H and O–H groups in total. The molecule has 3 nitrogen and oxygen atoms in total. The number of methoxy groups -OCH3 is 1. The van der Waals surface area contributed by atoms with Crippen molar-refractivity contribution in [3.63, 3.8) is 0 Å². The molecule has 0 atom stereocenters. The van der Waals surface area contributed by atoms with Gasteiger partial charge in [0.2, 0.25) is 0 Å². The minimum atomic E-state index is -1.06. The minimum Gasteiger partial charge on any atom is -0.496 e. The maximum Gasteiger partial charge on any atom is 0.339 e. The van der Waals surface area contributed by atoms with E-state index in [1.54, 1.807) is 6.07 Å². The Balaban J connectivity index is 2.61. The van der Waals surface area contributed by atoms with Crippen LogP contribution in [-0.2, 0) is 0 Å². The van der Waals surface area contributed by atoms with Crippen LogP contribution in [0.1, 0.15) is 10.4 Å². The quantitative estimate of drug-likeness (QED) is 0.917. The van der Waals surface area contributed by atoms with E-state index in [4.69, 9.17) is 21.4 Å². The van der Waals surface area contributed by atoms with Gasteiger partial charge in [-0.1, -0.05) is 41.9 Å². The van der Waals surface area contributed by atoms with Crippen LogP contribution in [0.4, 0.5) is 0 Å². The summed E-state index contributed by atoms with van der Waals surface area (Å²) in [5.41, 5.74) is 1.72. The fraction of sp³-hybridized carbons (Fsp3) is 0.0714. The number of halogens is 1. The number of rotatable bonds is 3. The summed E-state index contributed by atoms with van der Waals surface area (Å²) in [6.45, 7) is 0. The van der Waals surface area contributed by atoms with Gasteiger partial charge in [0.05, 0.1) is 7.11 Å². The molecule has 0 aliphatic rings. The number of benzene rings is 2. The summed E-state index contributed by atoms with van der Waals surface area (Å²) >= 11 is 6.12. The Kier molecular flexibility index (Phi) is 3.53. The molecule has 0 amide bonds. The molecule has 4 heteroatoms. The Bertz CT molecular complexity index is 579. The highest BCUT2D eigenvalue weighted by atomic mass is 35.5. The summed E-state index contributed by atoms with van der Waals surface area (Å²) in [4.78, 5) is 11.0. The van der Waals surface area contributed by atoms with Crippen molar-refractivity contribution in [2.45, 2.75) is 0 Å². The van der Waals surface area contributed by atoms with Gasteiger partial charge < -0.3 is 9.84 Å². The number of hydrogen-bond donors (Lipinski definition) is 1. The zero-order valence-corrected chi connectivity index (χ0v) is 10.4. The van der Waals surface area contributed by atoms with E-state index in [9.17, 15) is 4.79 Å². The van der Waals surface area contributed by atoms with E-state index in [-0.39, 0.29) is 5.56 Å². The lowest BCUT2D eigenvalue weighted by Crippen LogP contribution is -2.01.